The molecule has 0 atom stereocenters. The molecule has 1 aromatic heterocycles. The summed E-state index contributed by atoms with van der Waals surface area (Å²) in [6.45, 7) is 0.767. The van der Waals surface area contributed by atoms with E-state index < -0.39 is 0 Å². The van der Waals surface area contributed by atoms with Gasteiger partial charge in [-0.25, -0.2) is 0 Å². The summed E-state index contributed by atoms with van der Waals surface area (Å²) in [6.07, 6.45) is 2.72. The van der Waals surface area contributed by atoms with Crippen molar-refractivity contribution in [1.82, 2.24) is 0 Å². The monoisotopic (exact) mass is 171 g/mol. The fourth-order valence-electron chi connectivity index (χ4n) is 0.813. The maximum atomic E-state index is 5.34. The molecule has 0 aliphatic rings. The van der Waals surface area contributed by atoms with E-state index in [1.807, 2.05) is 23.9 Å². The summed E-state index contributed by atoms with van der Waals surface area (Å²) in [5.74, 6) is 3.21. The molecule has 1 aromatic rings. The van der Waals surface area contributed by atoms with E-state index >= 15 is 0 Å². The number of nitrogens with two attached hydrogens (primary N) is 1. The molecule has 11 heavy (non-hydrogen) atoms. The molecule has 0 amide bonds. The van der Waals surface area contributed by atoms with E-state index in [0.717, 1.165) is 30.2 Å². The van der Waals surface area contributed by atoms with Crippen molar-refractivity contribution in [3.63, 3.8) is 0 Å². The molecule has 2 nitrogen and oxygen atoms in total. The molecule has 0 saturated carbocycles. The second kappa shape index (κ2) is 5.27. The first-order chi connectivity index (χ1) is 5.43. The fraction of sp³-hybridized carbons (Fsp3) is 0.500. The van der Waals surface area contributed by atoms with E-state index in [2.05, 4.69) is 0 Å². The van der Waals surface area contributed by atoms with Gasteiger partial charge in [0.2, 0.25) is 0 Å². The number of hydrogen-bond donors (Lipinski definition) is 1. The second-order valence-electron chi connectivity index (χ2n) is 2.23. The van der Waals surface area contributed by atoms with Gasteiger partial charge < -0.3 is 10.2 Å². The molecule has 0 aliphatic carbocycles. The van der Waals surface area contributed by atoms with Gasteiger partial charge in [-0.1, -0.05) is 0 Å². The molecule has 0 saturated heterocycles. The quantitative estimate of drug-likeness (QED) is 0.683. The minimum Gasteiger partial charge on any atom is -0.469 e. The predicted octanol–water partition coefficient (Wildman–Crippen LogP) is 1.51. The molecule has 62 valence electrons. The van der Waals surface area contributed by atoms with Crippen LogP contribution in [0.15, 0.2) is 22.8 Å². The molecular formula is C8H13NOS. The highest BCUT2D eigenvalue weighted by molar-refractivity contribution is 7.99. The first-order valence-electron chi connectivity index (χ1n) is 3.73. The van der Waals surface area contributed by atoms with Crippen molar-refractivity contribution in [3.8, 4) is 0 Å². The third-order valence-electron chi connectivity index (χ3n) is 1.34. The number of aryl methyl sites for hydroxylation is 1. The topological polar surface area (TPSA) is 39.2 Å². The van der Waals surface area contributed by atoms with E-state index in [4.69, 9.17) is 10.2 Å². The molecule has 0 aromatic carbocycles. The second-order valence-corrected chi connectivity index (χ2v) is 3.46. The largest absolute Gasteiger partial charge is 0.469 e. The van der Waals surface area contributed by atoms with Crippen LogP contribution in [-0.4, -0.2) is 18.1 Å². The summed E-state index contributed by atoms with van der Waals surface area (Å²) in [5, 5.41) is 0. The van der Waals surface area contributed by atoms with E-state index in [1.165, 1.54) is 0 Å². The van der Waals surface area contributed by atoms with Crippen molar-refractivity contribution in [3.05, 3.63) is 24.2 Å². The van der Waals surface area contributed by atoms with Crippen molar-refractivity contribution in [2.24, 2.45) is 5.73 Å². The van der Waals surface area contributed by atoms with Gasteiger partial charge in [-0.05, 0) is 12.1 Å². The molecule has 1 heterocycles. The van der Waals surface area contributed by atoms with Crippen molar-refractivity contribution in [1.29, 1.82) is 0 Å². The minimum absolute atomic E-state index is 0.767. The summed E-state index contributed by atoms with van der Waals surface area (Å²) >= 11 is 1.87. The van der Waals surface area contributed by atoms with Crippen LogP contribution in [0.2, 0.25) is 0 Å². The van der Waals surface area contributed by atoms with Crippen LogP contribution >= 0.6 is 11.8 Å². The maximum absolute atomic E-state index is 5.34. The van der Waals surface area contributed by atoms with Crippen LogP contribution in [0, 0.1) is 0 Å². The van der Waals surface area contributed by atoms with Crippen molar-refractivity contribution < 1.29 is 4.42 Å². The van der Waals surface area contributed by atoms with Gasteiger partial charge in [0.1, 0.15) is 5.76 Å². The number of thioether (sulfide) groups is 1. The van der Waals surface area contributed by atoms with Crippen LogP contribution in [0.25, 0.3) is 0 Å². The Kier molecular flexibility index (Phi) is 4.16. The first kappa shape index (κ1) is 8.68. The maximum Gasteiger partial charge on any atom is 0.104 e. The molecule has 0 unspecified atom stereocenters. The van der Waals surface area contributed by atoms with E-state index in [9.17, 15) is 0 Å². The van der Waals surface area contributed by atoms with Crippen molar-refractivity contribution in [2.75, 3.05) is 18.1 Å². The third kappa shape index (κ3) is 3.49. The Labute approximate surface area is 71.1 Å². The van der Waals surface area contributed by atoms with Crippen molar-refractivity contribution >= 4 is 11.8 Å². The number of hydrogen-bond acceptors (Lipinski definition) is 3. The van der Waals surface area contributed by atoms with E-state index in [-0.39, 0.29) is 0 Å². The van der Waals surface area contributed by atoms with Crippen LogP contribution < -0.4 is 5.73 Å². The zero-order valence-corrected chi connectivity index (χ0v) is 7.27. The molecule has 0 bridgehead atoms. The highest BCUT2D eigenvalue weighted by atomic mass is 32.2. The standard InChI is InChI=1S/C8H13NOS/c9-4-7-11-6-3-8-2-1-5-10-8/h1-2,5H,3-4,6-7,9H2. The highest BCUT2D eigenvalue weighted by Gasteiger charge is 1.94. The molecular weight excluding hydrogens is 158 g/mol. The summed E-state index contributed by atoms with van der Waals surface area (Å²) in [5.41, 5.74) is 5.34. The average Bonchev–Trinajstić information content (AvgIpc) is 2.50. The molecule has 0 spiro atoms. The molecule has 0 aliphatic heterocycles. The Morgan fingerprint density at radius 2 is 2.36 bits per heavy atom. The number of rotatable bonds is 5. The lowest BCUT2D eigenvalue weighted by molar-refractivity contribution is 0.517. The lowest BCUT2D eigenvalue weighted by Crippen LogP contribution is -2.02. The Morgan fingerprint density at radius 1 is 1.45 bits per heavy atom. The summed E-state index contributed by atoms with van der Waals surface area (Å²) in [4.78, 5) is 0. The number of furan rings is 1. The Morgan fingerprint density at radius 3 is 3.00 bits per heavy atom. The fourth-order valence-corrected chi connectivity index (χ4v) is 1.53. The van der Waals surface area contributed by atoms with E-state index in [0.29, 0.717) is 0 Å². The summed E-state index contributed by atoms with van der Waals surface area (Å²) in [7, 11) is 0. The Hall–Kier alpha value is -0.410. The van der Waals surface area contributed by atoms with Crippen LogP contribution in [-0.2, 0) is 6.42 Å². The Balaban J connectivity index is 2.04. The van der Waals surface area contributed by atoms with Crippen LogP contribution in [0.5, 0.6) is 0 Å². The van der Waals surface area contributed by atoms with Crippen LogP contribution in [0.1, 0.15) is 5.76 Å². The molecule has 2 N–H and O–H groups in total. The van der Waals surface area contributed by atoms with Crippen molar-refractivity contribution in [2.45, 2.75) is 6.42 Å². The normalized spacial score (nSPS) is 10.3. The van der Waals surface area contributed by atoms with Gasteiger partial charge >= 0.3 is 0 Å². The lowest BCUT2D eigenvalue weighted by atomic mass is 10.4. The van der Waals surface area contributed by atoms with Gasteiger partial charge in [0, 0.05) is 24.5 Å². The predicted molar refractivity (Wildman–Crippen MR) is 48.8 cm³/mol. The van der Waals surface area contributed by atoms with E-state index in [1.54, 1.807) is 6.26 Å². The van der Waals surface area contributed by atoms with Gasteiger partial charge in [-0.2, -0.15) is 11.8 Å². The summed E-state index contributed by atoms with van der Waals surface area (Å²) < 4.78 is 5.17. The SMILES string of the molecule is NCCSCCc1ccco1. The van der Waals surface area contributed by atoms with Gasteiger partial charge in [-0.15, -0.1) is 0 Å². The first-order valence-corrected chi connectivity index (χ1v) is 4.89. The molecule has 3 heteroatoms. The molecule has 0 fully saturated rings. The average molecular weight is 171 g/mol. The molecule has 1 rings (SSSR count). The van der Waals surface area contributed by atoms with Crippen LogP contribution in [0.4, 0.5) is 0 Å². The smallest absolute Gasteiger partial charge is 0.104 e. The lowest BCUT2D eigenvalue weighted by Gasteiger charge is -1.95. The van der Waals surface area contributed by atoms with Gasteiger partial charge in [0.05, 0.1) is 6.26 Å². The Bertz CT molecular complexity index is 174. The van der Waals surface area contributed by atoms with Crippen LogP contribution in [0.3, 0.4) is 0 Å². The minimum atomic E-state index is 0.767. The van der Waals surface area contributed by atoms with Gasteiger partial charge in [0.15, 0.2) is 0 Å². The highest BCUT2D eigenvalue weighted by Crippen LogP contribution is 2.06. The molecule has 0 radical (unpaired) electrons. The zero-order chi connectivity index (χ0) is 7.94. The van der Waals surface area contributed by atoms with Gasteiger partial charge in [-0.3, -0.25) is 0 Å². The zero-order valence-electron chi connectivity index (χ0n) is 6.45. The third-order valence-corrected chi connectivity index (χ3v) is 2.35. The summed E-state index contributed by atoms with van der Waals surface area (Å²) in [6, 6.07) is 3.92. The van der Waals surface area contributed by atoms with Gasteiger partial charge in [0.25, 0.3) is 0 Å².